The average Bonchev–Trinajstić information content (AvgIpc) is 3.12. The Bertz CT molecular complexity index is 880. The molecule has 0 amide bonds. The second-order valence-corrected chi connectivity index (χ2v) is 6.07. The molecule has 0 radical (unpaired) electrons. The van der Waals surface area contributed by atoms with E-state index < -0.39 is 12.1 Å². The lowest BCUT2D eigenvalue weighted by Crippen LogP contribution is -2.09. The minimum Gasteiger partial charge on any atom is -0.496 e. The lowest BCUT2D eigenvalue weighted by molar-refractivity contribution is 0.0265. The van der Waals surface area contributed by atoms with Gasteiger partial charge in [0.1, 0.15) is 5.75 Å². The fourth-order valence-electron chi connectivity index (χ4n) is 2.18. The summed E-state index contributed by atoms with van der Waals surface area (Å²) >= 11 is 3.34. The Morgan fingerprint density at radius 2 is 1.96 bits per heavy atom. The van der Waals surface area contributed by atoms with Gasteiger partial charge in [0, 0.05) is 5.56 Å². The van der Waals surface area contributed by atoms with E-state index in [4.69, 9.17) is 14.0 Å². The topological polar surface area (TPSA) is 74.5 Å². The molecule has 25 heavy (non-hydrogen) atoms. The van der Waals surface area contributed by atoms with Crippen LogP contribution in [-0.2, 0) is 4.74 Å². The molecule has 0 N–H and O–H groups in total. The Hall–Kier alpha value is -2.67. The van der Waals surface area contributed by atoms with Gasteiger partial charge in [-0.3, -0.25) is 0 Å². The van der Waals surface area contributed by atoms with Crippen LogP contribution in [0.2, 0.25) is 0 Å². The third-order valence-corrected chi connectivity index (χ3v) is 4.11. The van der Waals surface area contributed by atoms with Crippen molar-refractivity contribution in [3.8, 4) is 17.1 Å². The number of halogens is 1. The second-order valence-electron chi connectivity index (χ2n) is 5.22. The monoisotopic (exact) mass is 402 g/mol. The molecular formula is C18H15BrN2O4. The number of rotatable bonds is 5. The highest BCUT2D eigenvalue weighted by Crippen LogP contribution is 2.27. The van der Waals surface area contributed by atoms with E-state index in [9.17, 15) is 4.79 Å². The number of hydrogen-bond donors (Lipinski definition) is 0. The van der Waals surface area contributed by atoms with Crippen LogP contribution in [0, 0.1) is 0 Å². The van der Waals surface area contributed by atoms with Crippen molar-refractivity contribution >= 4 is 21.9 Å². The van der Waals surface area contributed by atoms with Crippen molar-refractivity contribution in [1.29, 1.82) is 0 Å². The molecule has 0 aliphatic carbocycles. The Morgan fingerprint density at radius 3 is 2.64 bits per heavy atom. The molecule has 128 valence electrons. The normalized spacial score (nSPS) is 11.8. The molecule has 1 atom stereocenters. The highest BCUT2D eigenvalue weighted by Gasteiger charge is 2.20. The minimum absolute atomic E-state index is 0.236. The molecule has 0 saturated heterocycles. The molecule has 1 aromatic heterocycles. The minimum atomic E-state index is -0.668. The summed E-state index contributed by atoms with van der Waals surface area (Å²) in [7, 11) is 1.56. The van der Waals surface area contributed by atoms with Crippen molar-refractivity contribution in [3.63, 3.8) is 0 Å². The molecule has 7 heteroatoms. The van der Waals surface area contributed by atoms with Gasteiger partial charge in [0.05, 0.1) is 17.1 Å². The Morgan fingerprint density at radius 1 is 1.20 bits per heavy atom. The fraction of sp³-hybridized carbons (Fsp3) is 0.167. The van der Waals surface area contributed by atoms with E-state index in [2.05, 4.69) is 26.1 Å². The molecule has 3 aromatic rings. The van der Waals surface area contributed by atoms with Crippen LogP contribution in [-0.4, -0.2) is 23.2 Å². The maximum Gasteiger partial charge on any atom is 0.338 e. The number of ether oxygens (including phenoxy) is 2. The zero-order valence-electron chi connectivity index (χ0n) is 13.6. The zero-order valence-corrected chi connectivity index (χ0v) is 15.2. The third kappa shape index (κ3) is 3.88. The summed E-state index contributed by atoms with van der Waals surface area (Å²) in [4.78, 5) is 16.6. The predicted molar refractivity (Wildman–Crippen MR) is 94.3 cm³/mol. The van der Waals surface area contributed by atoms with Crippen LogP contribution >= 0.6 is 15.9 Å². The summed E-state index contributed by atoms with van der Waals surface area (Å²) in [6.07, 6.45) is -0.668. The van der Waals surface area contributed by atoms with Crippen molar-refractivity contribution in [3.05, 3.63) is 64.5 Å². The van der Waals surface area contributed by atoms with Gasteiger partial charge < -0.3 is 14.0 Å². The second kappa shape index (κ2) is 7.48. The highest BCUT2D eigenvalue weighted by molar-refractivity contribution is 9.10. The van der Waals surface area contributed by atoms with Crippen LogP contribution < -0.4 is 4.74 Å². The van der Waals surface area contributed by atoms with Crippen molar-refractivity contribution < 1.29 is 18.8 Å². The van der Waals surface area contributed by atoms with E-state index in [1.165, 1.54) is 0 Å². The number of carbonyl (C=O) groups excluding carboxylic acids is 1. The van der Waals surface area contributed by atoms with E-state index in [1.54, 1.807) is 32.2 Å². The first-order valence-electron chi connectivity index (χ1n) is 7.52. The summed E-state index contributed by atoms with van der Waals surface area (Å²) in [5.74, 6) is 0.829. The molecule has 3 rings (SSSR count). The van der Waals surface area contributed by atoms with Gasteiger partial charge in [0.25, 0.3) is 5.89 Å². The van der Waals surface area contributed by atoms with E-state index in [-0.39, 0.29) is 5.89 Å². The average molecular weight is 403 g/mol. The van der Waals surface area contributed by atoms with E-state index in [0.29, 0.717) is 21.6 Å². The number of hydrogen-bond acceptors (Lipinski definition) is 6. The Balaban J connectivity index is 1.72. The number of benzene rings is 2. The van der Waals surface area contributed by atoms with Crippen LogP contribution in [0.5, 0.6) is 5.75 Å². The first-order chi connectivity index (χ1) is 12.1. The van der Waals surface area contributed by atoms with E-state index >= 15 is 0 Å². The summed E-state index contributed by atoms with van der Waals surface area (Å²) < 4.78 is 16.4. The summed E-state index contributed by atoms with van der Waals surface area (Å²) in [6, 6.07) is 14.4. The van der Waals surface area contributed by atoms with Gasteiger partial charge in [-0.05, 0) is 41.1 Å². The third-order valence-electron chi connectivity index (χ3n) is 3.49. The first kappa shape index (κ1) is 17.2. The van der Waals surface area contributed by atoms with Crippen LogP contribution in [0.4, 0.5) is 0 Å². The quantitative estimate of drug-likeness (QED) is 0.587. The largest absolute Gasteiger partial charge is 0.496 e. The molecule has 1 heterocycles. The summed E-state index contributed by atoms with van der Waals surface area (Å²) in [6.45, 7) is 1.68. The van der Waals surface area contributed by atoms with Gasteiger partial charge in [-0.15, -0.1) is 0 Å². The number of nitrogens with zero attached hydrogens (tertiary/aromatic N) is 2. The zero-order chi connectivity index (χ0) is 17.8. The van der Waals surface area contributed by atoms with Gasteiger partial charge in [-0.25, -0.2) is 4.79 Å². The van der Waals surface area contributed by atoms with Crippen molar-refractivity contribution in [2.45, 2.75) is 13.0 Å². The highest BCUT2D eigenvalue weighted by atomic mass is 79.9. The lowest BCUT2D eigenvalue weighted by atomic mass is 10.2. The first-order valence-corrected chi connectivity index (χ1v) is 8.31. The molecule has 0 unspecified atom stereocenters. The fourth-order valence-corrected chi connectivity index (χ4v) is 2.72. The SMILES string of the molecule is COc1ccc(C(=O)O[C@@H](C)c2nc(-c3ccccc3)no2)cc1Br. The van der Waals surface area contributed by atoms with Crippen molar-refractivity contribution in [2.75, 3.05) is 7.11 Å². The smallest absolute Gasteiger partial charge is 0.338 e. The van der Waals surface area contributed by atoms with E-state index in [0.717, 1.165) is 5.56 Å². The number of methoxy groups -OCH3 is 1. The maximum atomic E-state index is 12.3. The van der Waals surface area contributed by atoms with Gasteiger partial charge in [-0.2, -0.15) is 4.98 Å². The molecule has 0 aliphatic heterocycles. The molecule has 2 aromatic carbocycles. The van der Waals surface area contributed by atoms with E-state index in [1.807, 2.05) is 30.3 Å². The van der Waals surface area contributed by atoms with Gasteiger partial charge in [-0.1, -0.05) is 35.5 Å². The molecule has 0 aliphatic rings. The maximum absolute atomic E-state index is 12.3. The molecule has 0 spiro atoms. The van der Waals surface area contributed by atoms with Gasteiger partial charge in [0.2, 0.25) is 5.82 Å². The lowest BCUT2D eigenvalue weighted by Gasteiger charge is -2.10. The standard InChI is InChI=1S/C18H15BrN2O4/c1-11(17-20-16(21-25-17)12-6-4-3-5-7-12)24-18(22)13-8-9-15(23-2)14(19)10-13/h3-11H,1-2H3/t11-/m0/s1. The number of aromatic nitrogens is 2. The summed E-state index contributed by atoms with van der Waals surface area (Å²) in [5, 5.41) is 3.92. The Labute approximate surface area is 152 Å². The molecule has 6 nitrogen and oxygen atoms in total. The molecule has 0 saturated carbocycles. The van der Waals surface area contributed by atoms with Gasteiger partial charge in [0.15, 0.2) is 6.10 Å². The van der Waals surface area contributed by atoms with Crippen LogP contribution in [0.3, 0.4) is 0 Å². The summed E-state index contributed by atoms with van der Waals surface area (Å²) in [5.41, 5.74) is 1.22. The predicted octanol–water partition coefficient (Wildman–Crippen LogP) is 4.43. The van der Waals surface area contributed by atoms with Gasteiger partial charge >= 0.3 is 5.97 Å². The van der Waals surface area contributed by atoms with Crippen LogP contribution in [0.1, 0.15) is 29.3 Å². The molecule has 0 fully saturated rings. The number of esters is 1. The van der Waals surface area contributed by atoms with Crippen molar-refractivity contribution in [1.82, 2.24) is 10.1 Å². The Kier molecular flexibility index (Phi) is 5.14. The van der Waals surface area contributed by atoms with Crippen LogP contribution in [0.25, 0.3) is 11.4 Å². The molecule has 0 bridgehead atoms. The van der Waals surface area contributed by atoms with Crippen molar-refractivity contribution in [2.24, 2.45) is 0 Å². The van der Waals surface area contributed by atoms with Crippen LogP contribution in [0.15, 0.2) is 57.5 Å². The number of carbonyl (C=O) groups is 1. The molecular weight excluding hydrogens is 388 g/mol.